The van der Waals surface area contributed by atoms with Crippen molar-refractivity contribution in [3.8, 4) is 0 Å². The molecule has 1 fully saturated rings. The minimum absolute atomic E-state index is 0.200. The number of fused-ring (bicyclic) bond motifs is 2. The molecule has 0 aromatic carbocycles. The van der Waals surface area contributed by atoms with Gasteiger partial charge in [-0.2, -0.15) is 13.2 Å². The third-order valence-electron chi connectivity index (χ3n) is 5.10. The van der Waals surface area contributed by atoms with Crippen molar-refractivity contribution < 1.29 is 13.2 Å². The number of aryl methyl sites for hydroxylation is 1. The number of nitrogen functional groups attached to an aromatic ring is 1. The number of nitrogens with two attached hydrogens (primary N) is 1. The first-order valence-corrected chi connectivity index (χ1v) is 8.13. The number of aromatic nitrogens is 4. The van der Waals surface area contributed by atoms with Gasteiger partial charge in [-0.25, -0.2) is 19.9 Å². The zero-order valence-corrected chi connectivity index (χ0v) is 13.4. The fraction of sp³-hybridized carbons (Fsp3) is 0.500. The molecule has 0 radical (unpaired) electrons. The monoisotopic (exact) mass is 350 g/mol. The maximum atomic E-state index is 12.9. The van der Waals surface area contributed by atoms with Gasteiger partial charge in [0.2, 0.25) is 5.95 Å². The van der Waals surface area contributed by atoms with E-state index in [1.165, 1.54) is 0 Å². The van der Waals surface area contributed by atoms with Gasteiger partial charge in [-0.05, 0) is 31.2 Å². The molecule has 2 aromatic rings. The molecule has 1 aliphatic heterocycles. The Hall–Kier alpha value is -2.45. The van der Waals surface area contributed by atoms with Gasteiger partial charge in [0, 0.05) is 30.8 Å². The summed E-state index contributed by atoms with van der Waals surface area (Å²) in [6.45, 7) is 1.23. The van der Waals surface area contributed by atoms with Crippen molar-refractivity contribution in [3.05, 3.63) is 35.5 Å². The summed E-state index contributed by atoms with van der Waals surface area (Å²) in [6, 6.07) is 1.02. The first-order chi connectivity index (χ1) is 11.9. The highest BCUT2D eigenvalue weighted by molar-refractivity contribution is 5.45. The summed E-state index contributed by atoms with van der Waals surface area (Å²) in [5.74, 6) is 0.537. The standard InChI is InChI=1S/C16H17F3N6/c17-16(18,19)11-6-12(23-9-22-11)25-5-1-3-15(8-25)4-2-10-7-21-14(20)24-13(10)15/h6-7,9H,1-5,8H2,(H2,20,21,24). The van der Waals surface area contributed by atoms with E-state index in [9.17, 15) is 13.2 Å². The van der Waals surface area contributed by atoms with Crippen molar-refractivity contribution in [2.24, 2.45) is 0 Å². The van der Waals surface area contributed by atoms with Gasteiger partial charge in [-0.15, -0.1) is 0 Å². The Morgan fingerprint density at radius 2 is 2.00 bits per heavy atom. The maximum absolute atomic E-state index is 12.9. The highest BCUT2D eigenvalue weighted by Crippen LogP contribution is 2.44. The van der Waals surface area contributed by atoms with Crippen molar-refractivity contribution >= 4 is 11.8 Å². The van der Waals surface area contributed by atoms with Crippen molar-refractivity contribution in [1.82, 2.24) is 19.9 Å². The smallest absolute Gasteiger partial charge is 0.368 e. The second kappa shape index (κ2) is 5.53. The van der Waals surface area contributed by atoms with E-state index in [1.54, 1.807) is 6.20 Å². The Labute approximate surface area is 142 Å². The molecule has 6 nitrogen and oxygen atoms in total. The average Bonchev–Trinajstić information content (AvgIpc) is 2.92. The zero-order valence-electron chi connectivity index (χ0n) is 13.4. The first kappa shape index (κ1) is 16.0. The van der Waals surface area contributed by atoms with Crippen LogP contribution in [0.2, 0.25) is 0 Å². The Bertz CT molecular complexity index is 805. The molecule has 4 rings (SSSR count). The fourth-order valence-electron chi connectivity index (χ4n) is 3.95. The van der Waals surface area contributed by atoms with Crippen LogP contribution in [0.15, 0.2) is 18.6 Å². The van der Waals surface area contributed by atoms with Crippen LogP contribution in [0.3, 0.4) is 0 Å². The maximum Gasteiger partial charge on any atom is 0.433 e. The third-order valence-corrected chi connectivity index (χ3v) is 5.10. The van der Waals surface area contributed by atoms with Crippen LogP contribution in [0.4, 0.5) is 24.9 Å². The summed E-state index contributed by atoms with van der Waals surface area (Å²) in [5.41, 5.74) is 6.65. The van der Waals surface area contributed by atoms with Crippen LogP contribution in [-0.4, -0.2) is 33.0 Å². The van der Waals surface area contributed by atoms with Gasteiger partial charge >= 0.3 is 6.18 Å². The summed E-state index contributed by atoms with van der Waals surface area (Å²) in [7, 11) is 0. The highest BCUT2D eigenvalue weighted by Gasteiger charge is 2.44. The molecule has 1 atom stereocenters. The third kappa shape index (κ3) is 2.77. The molecular formula is C16H17F3N6. The Balaban J connectivity index is 1.66. The largest absolute Gasteiger partial charge is 0.433 e. The minimum Gasteiger partial charge on any atom is -0.368 e. The van der Waals surface area contributed by atoms with E-state index >= 15 is 0 Å². The van der Waals surface area contributed by atoms with Gasteiger partial charge in [0.25, 0.3) is 0 Å². The number of hydrogen-bond donors (Lipinski definition) is 1. The van der Waals surface area contributed by atoms with Gasteiger partial charge in [0.1, 0.15) is 17.8 Å². The van der Waals surface area contributed by atoms with Crippen molar-refractivity contribution in [1.29, 1.82) is 0 Å². The van der Waals surface area contributed by atoms with Crippen LogP contribution < -0.4 is 10.6 Å². The number of rotatable bonds is 1. The molecule has 2 aliphatic rings. The van der Waals surface area contributed by atoms with E-state index in [0.717, 1.165) is 49.3 Å². The lowest BCUT2D eigenvalue weighted by Gasteiger charge is -2.41. The molecule has 1 saturated heterocycles. The van der Waals surface area contributed by atoms with E-state index in [-0.39, 0.29) is 11.4 Å². The quantitative estimate of drug-likeness (QED) is 0.850. The number of anilines is 2. The zero-order chi connectivity index (χ0) is 17.7. The molecule has 2 aromatic heterocycles. The molecule has 0 amide bonds. The number of halogens is 3. The second-order valence-corrected chi connectivity index (χ2v) is 6.67. The Morgan fingerprint density at radius 1 is 1.16 bits per heavy atom. The molecular weight excluding hydrogens is 333 g/mol. The van der Waals surface area contributed by atoms with Crippen LogP contribution in [0.5, 0.6) is 0 Å². The van der Waals surface area contributed by atoms with Gasteiger partial charge < -0.3 is 10.6 Å². The van der Waals surface area contributed by atoms with Crippen LogP contribution >= 0.6 is 0 Å². The van der Waals surface area contributed by atoms with Gasteiger partial charge in [-0.1, -0.05) is 0 Å². The van der Waals surface area contributed by atoms with Crippen LogP contribution in [0, 0.1) is 0 Å². The summed E-state index contributed by atoms with van der Waals surface area (Å²) in [4.78, 5) is 17.8. The number of alkyl halides is 3. The fourth-order valence-corrected chi connectivity index (χ4v) is 3.95. The predicted octanol–water partition coefficient (Wildman–Crippen LogP) is 2.35. The molecule has 1 aliphatic carbocycles. The summed E-state index contributed by atoms with van der Waals surface area (Å²) in [5, 5.41) is 0. The van der Waals surface area contributed by atoms with E-state index in [0.29, 0.717) is 18.9 Å². The van der Waals surface area contributed by atoms with Crippen LogP contribution in [0.1, 0.15) is 36.2 Å². The number of hydrogen-bond acceptors (Lipinski definition) is 6. The average molecular weight is 350 g/mol. The summed E-state index contributed by atoms with van der Waals surface area (Å²) >= 11 is 0. The van der Waals surface area contributed by atoms with Crippen molar-refractivity contribution in [2.45, 2.75) is 37.3 Å². The molecule has 2 N–H and O–H groups in total. The molecule has 3 heterocycles. The van der Waals surface area contributed by atoms with E-state index in [4.69, 9.17) is 5.73 Å². The number of nitrogens with zero attached hydrogens (tertiary/aromatic N) is 5. The predicted molar refractivity (Wildman–Crippen MR) is 84.9 cm³/mol. The van der Waals surface area contributed by atoms with Gasteiger partial charge in [0.15, 0.2) is 0 Å². The first-order valence-electron chi connectivity index (χ1n) is 8.13. The molecule has 1 spiro atoms. The normalized spacial score (nSPS) is 23.1. The molecule has 9 heteroatoms. The Morgan fingerprint density at radius 3 is 2.80 bits per heavy atom. The lowest BCUT2D eigenvalue weighted by atomic mass is 9.77. The molecule has 25 heavy (non-hydrogen) atoms. The molecule has 0 saturated carbocycles. The molecule has 0 bridgehead atoms. The van der Waals surface area contributed by atoms with Crippen LogP contribution in [0.25, 0.3) is 0 Å². The molecule has 1 unspecified atom stereocenters. The van der Waals surface area contributed by atoms with E-state index in [1.807, 2.05) is 4.90 Å². The highest BCUT2D eigenvalue weighted by atomic mass is 19.4. The number of piperidine rings is 1. The summed E-state index contributed by atoms with van der Waals surface area (Å²) < 4.78 is 38.8. The van der Waals surface area contributed by atoms with Gasteiger partial charge in [0.05, 0.1) is 5.69 Å². The van der Waals surface area contributed by atoms with Gasteiger partial charge in [-0.3, -0.25) is 0 Å². The second-order valence-electron chi connectivity index (χ2n) is 6.67. The van der Waals surface area contributed by atoms with Crippen LogP contribution in [-0.2, 0) is 18.0 Å². The van der Waals surface area contributed by atoms with Crippen molar-refractivity contribution in [3.63, 3.8) is 0 Å². The lowest BCUT2D eigenvalue weighted by Crippen LogP contribution is -2.46. The van der Waals surface area contributed by atoms with E-state index in [2.05, 4.69) is 19.9 Å². The summed E-state index contributed by atoms with van der Waals surface area (Å²) in [6.07, 6.45) is 1.81. The topological polar surface area (TPSA) is 80.8 Å². The Kier molecular flexibility index (Phi) is 3.55. The minimum atomic E-state index is -4.48. The SMILES string of the molecule is Nc1ncc2c(n1)C1(CCCN(c3cc(C(F)(F)F)ncn3)C1)CC2. The van der Waals surface area contributed by atoms with Crippen molar-refractivity contribution in [2.75, 3.05) is 23.7 Å². The molecule has 132 valence electrons. The van der Waals surface area contributed by atoms with E-state index < -0.39 is 11.9 Å². The lowest BCUT2D eigenvalue weighted by molar-refractivity contribution is -0.141.